The molecule has 0 aromatic rings. The lowest BCUT2D eigenvalue weighted by atomic mass is 9.93. The molecule has 0 aliphatic carbocycles. The van der Waals surface area contributed by atoms with Crippen LogP contribution in [0.25, 0.3) is 0 Å². The molecule has 1 aliphatic rings. The Morgan fingerprint density at radius 3 is 2.93 bits per heavy atom. The van der Waals surface area contributed by atoms with Crippen LogP contribution < -0.4 is 0 Å². The number of ether oxygens (including phenoxy) is 1. The summed E-state index contributed by atoms with van der Waals surface area (Å²) in [7, 11) is 1.38. The number of rotatable bonds is 1. The smallest absolute Gasteiger partial charge is 0.409 e. The number of carbonyl (C=O) groups is 1. The first-order chi connectivity index (χ1) is 6.70. The lowest BCUT2D eigenvalue weighted by molar-refractivity contribution is 0.0798. The number of nitrogens with zero attached hydrogens (tertiary/aromatic N) is 2. The van der Waals surface area contributed by atoms with Gasteiger partial charge in [-0.15, -0.1) is 0 Å². The van der Waals surface area contributed by atoms with Gasteiger partial charge in [0.2, 0.25) is 0 Å². The molecule has 0 aromatic carbocycles. The second-order valence-corrected chi connectivity index (χ2v) is 3.64. The van der Waals surface area contributed by atoms with Gasteiger partial charge in [-0.25, -0.2) is 4.79 Å². The number of piperidine rings is 1. The molecule has 78 valence electrons. The Hall–Kier alpha value is -1.24. The average Bonchev–Trinajstić information content (AvgIpc) is 2.27. The third-order valence-electron chi connectivity index (χ3n) is 2.74. The summed E-state index contributed by atoms with van der Waals surface area (Å²) in [5.74, 6) is -0.116. The number of methoxy groups -OCH3 is 1. The van der Waals surface area contributed by atoms with Crippen molar-refractivity contribution in [2.75, 3.05) is 13.7 Å². The summed E-state index contributed by atoms with van der Waals surface area (Å²) < 4.78 is 4.69. The minimum Gasteiger partial charge on any atom is -0.453 e. The molecular weight excluding hydrogens is 180 g/mol. The molecule has 0 spiro atoms. The molecule has 1 aliphatic heterocycles. The maximum atomic E-state index is 11.4. The van der Waals surface area contributed by atoms with Gasteiger partial charge in [-0.2, -0.15) is 5.26 Å². The third kappa shape index (κ3) is 2.16. The molecule has 2 unspecified atom stereocenters. The van der Waals surface area contributed by atoms with E-state index in [2.05, 4.69) is 6.07 Å². The molecule has 0 aromatic heterocycles. The van der Waals surface area contributed by atoms with Crippen LogP contribution in [0.4, 0.5) is 4.79 Å². The van der Waals surface area contributed by atoms with E-state index in [-0.39, 0.29) is 18.1 Å². The fourth-order valence-electron chi connectivity index (χ4n) is 1.91. The fraction of sp³-hybridized carbons (Fsp3) is 0.800. The zero-order valence-corrected chi connectivity index (χ0v) is 8.69. The van der Waals surface area contributed by atoms with E-state index in [1.54, 1.807) is 4.90 Å². The number of hydrogen-bond acceptors (Lipinski definition) is 3. The molecule has 1 fully saturated rings. The van der Waals surface area contributed by atoms with Crippen molar-refractivity contribution in [1.29, 1.82) is 5.26 Å². The molecule has 14 heavy (non-hydrogen) atoms. The summed E-state index contributed by atoms with van der Waals surface area (Å²) in [4.78, 5) is 13.1. The highest BCUT2D eigenvalue weighted by molar-refractivity contribution is 5.68. The lowest BCUT2D eigenvalue weighted by Gasteiger charge is -2.35. The van der Waals surface area contributed by atoms with E-state index in [4.69, 9.17) is 10.00 Å². The molecule has 0 bridgehead atoms. The van der Waals surface area contributed by atoms with Gasteiger partial charge in [-0.1, -0.05) is 0 Å². The first-order valence-corrected chi connectivity index (χ1v) is 4.95. The molecular formula is C10H16N2O2. The summed E-state index contributed by atoms with van der Waals surface area (Å²) in [6, 6.07) is 2.22. The zero-order valence-electron chi connectivity index (χ0n) is 8.69. The van der Waals surface area contributed by atoms with Gasteiger partial charge in [0.15, 0.2) is 0 Å². The van der Waals surface area contributed by atoms with Crippen molar-refractivity contribution < 1.29 is 9.53 Å². The van der Waals surface area contributed by atoms with Crippen molar-refractivity contribution in [3.63, 3.8) is 0 Å². The Morgan fingerprint density at radius 1 is 1.64 bits per heavy atom. The van der Waals surface area contributed by atoms with Crippen LogP contribution in [-0.2, 0) is 4.74 Å². The molecule has 0 radical (unpaired) electrons. The zero-order chi connectivity index (χ0) is 10.6. The van der Waals surface area contributed by atoms with Gasteiger partial charge < -0.3 is 9.64 Å². The number of carbonyl (C=O) groups excluding carboxylic acids is 1. The van der Waals surface area contributed by atoms with E-state index in [0.717, 1.165) is 19.3 Å². The first-order valence-electron chi connectivity index (χ1n) is 4.95. The van der Waals surface area contributed by atoms with Crippen molar-refractivity contribution >= 4 is 6.09 Å². The predicted octanol–water partition coefficient (Wildman–Crippen LogP) is 1.77. The highest BCUT2D eigenvalue weighted by Gasteiger charge is 2.31. The molecule has 1 heterocycles. The van der Waals surface area contributed by atoms with Gasteiger partial charge in [0.05, 0.1) is 25.1 Å². The molecule has 4 heteroatoms. The molecule has 0 saturated carbocycles. The largest absolute Gasteiger partial charge is 0.453 e. The molecule has 1 saturated heterocycles. The maximum Gasteiger partial charge on any atom is 0.409 e. The van der Waals surface area contributed by atoms with E-state index in [0.29, 0.717) is 6.54 Å². The SMILES string of the molecule is COC(=O)N1CCCCC1C(C)C#N. The second-order valence-electron chi connectivity index (χ2n) is 3.64. The van der Waals surface area contributed by atoms with Gasteiger partial charge in [0.1, 0.15) is 0 Å². The number of likely N-dealkylation sites (tertiary alicyclic amines) is 1. The standard InChI is InChI=1S/C10H16N2O2/c1-8(7-11)9-5-3-4-6-12(9)10(13)14-2/h8-9H,3-6H2,1-2H3. The van der Waals surface area contributed by atoms with E-state index in [1.165, 1.54) is 7.11 Å². The minimum absolute atomic E-state index is 0.0289. The average molecular weight is 196 g/mol. The van der Waals surface area contributed by atoms with Crippen molar-refractivity contribution in [2.45, 2.75) is 32.2 Å². The fourth-order valence-corrected chi connectivity index (χ4v) is 1.91. The van der Waals surface area contributed by atoms with Gasteiger partial charge in [-0.05, 0) is 26.2 Å². The molecule has 4 nitrogen and oxygen atoms in total. The van der Waals surface area contributed by atoms with Crippen LogP contribution in [0.15, 0.2) is 0 Å². The van der Waals surface area contributed by atoms with Crippen LogP contribution in [0.5, 0.6) is 0 Å². The van der Waals surface area contributed by atoms with Crippen molar-refractivity contribution in [3.05, 3.63) is 0 Å². The van der Waals surface area contributed by atoms with Crippen LogP contribution in [0.1, 0.15) is 26.2 Å². The summed E-state index contributed by atoms with van der Waals surface area (Å²) in [6.07, 6.45) is 2.69. The van der Waals surface area contributed by atoms with E-state index in [1.807, 2.05) is 6.92 Å². The molecule has 2 atom stereocenters. The van der Waals surface area contributed by atoms with Crippen LogP contribution in [0.2, 0.25) is 0 Å². The maximum absolute atomic E-state index is 11.4. The summed E-state index contributed by atoms with van der Waals surface area (Å²) in [5, 5.41) is 8.83. The van der Waals surface area contributed by atoms with Crippen LogP contribution in [-0.4, -0.2) is 30.7 Å². The van der Waals surface area contributed by atoms with Gasteiger partial charge >= 0.3 is 6.09 Å². The summed E-state index contributed by atoms with van der Waals surface area (Å²) in [6.45, 7) is 2.56. The molecule has 1 amide bonds. The van der Waals surface area contributed by atoms with Crippen molar-refractivity contribution in [1.82, 2.24) is 4.90 Å². The van der Waals surface area contributed by atoms with Gasteiger partial charge in [-0.3, -0.25) is 0 Å². The normalized spacial score (nSPS) is 23.8. The number of nitriles is 1. The Labute approximate surface area is 84.4 Å². The highest BCUT2D eigenvalue weighted by atomic mass is 16.5. The lowest BCUT2D eigenvalue weighted by Crippen LogP contribution is -2.46. The minimum atomic E-state index is -0.309. The summed E-state index contributed by atoms with van der Waals surface area (Å²) in [5.41, 5.74) is 0. The van der Waals surface area contributed by atoms with Gasteiger partial charge in [0, 0.05) is 6.54 Å². The topological polar surface area (TPSA) is 53.3 Å². The Balaban J connectivity index is 2.69. The monoisotopic (exact) mass is 196 g/mol. The van der Waals surface area contributed by atoms with Crippen molar-refractivity contribution in [2.24, 2.45) is 5.92 Å². The Bertz CT molecular complexity index is 247. The summed E-state index contributed by atoms with van der Waals surface area (Å²) >= 11 is 0. The number of amides is 1. The third-order valence-corrected chi connectivity index (χ3v) is 2.74. The molecule has 0 N–H and O–H groups in total. The molecule has 1 rings (SSSR count). The Morgan fingerprint density at radius 2 is 2.36 bits per heavy atom. The first kappa shape index (κ1) is 10.8. The second kappa shape index (κ2) is 4.85. The highest BCUT2D eigenvalue weighted by Crippen LogP contribution is 2.23. The van der Waals surface area contributed by atoms with E-state index < -0.39 is 0 Å². The van der Waals surface area contributed by atoms with Crippen molar-refractivity contribution in [3.8, 4) is 6.07 Å². The van der Waals surface area contributed by atoms with Gasteiger partial charge in [0.25, 0.3) is 0 Å². The van der Waals surface area contributed by atoms with E-state index in [9.17, 15) is 4.79 Å². The van der Waals surface area contributed by atoms with Crippen LogP contribution in [0, 0.1) is 17.2 Å². The predicted molar refractivity (Wildman–Crippen MR) is 51.5 cm³/mol. The van der Waals surface area contributed by atoms with E-state index >= 15 is 0 Å². The number of hydrogen-bond donors (Lipinski definition) is 0. The van der Waals surface area contributed by atoms with Crippen LogP contribution >= 0.6 is 0 Å². The Kier molecular flexibility index (Phi) is 3.75. The van der Waals surface area contributed by atoms with Crippen LogP contribution in [0.3, 0.4) is 0 Å². The quantitative estimate of drug-likeness (QED) is 0.642.